The van der Waals surface area contributed by atoms with Gasteiger partial charge in [0, 0.05) is 13.6 Å². The first-order valence-corrected chi connectivity index (χ1v) is 7.14. The van der Waals surface area contributed by atoms with Crippen LogP contribution in [0.5, 0.6) is 0 Å². The zero-order valence-corrected chi connectivity index (χ0v) is 12.3. The van der Waals surface area contributed by atoms with Crippen molar-refractivity contribution in [2.75, 3.05) is 13.6 Å². The molecular weight excluding hydrogens is 309 g/mol. The van der Waals surface area contributed by atoms with Gasteiger partial charge in [-0.3, -0.25) is 4.79 Å². The number of Topliss-reactive ketones (excluding diaryl/α,β-unsaturated/α-hetero) is 1. The largest absolute Gasteiger partial charge is 0.462 e. The van der Waals surface area contributed by atoms with Gasteiger partial charge in [0.25, 0.3) is 0 Å². The summed E-state index contributed by atoms with van der Waals surface area (Å²) in [4.78, 5) is 12.7. The van der Waals surface area contributed by atoms with Crippen molar-refractivity contribution in [3.63, 3.8) is 0 Å². The number of ketones is 1. The number of carbonyl (C=O) groups excluding carboxylic acids is 1. The van der Waals surface area contributed by atoms with Crippen molar-refractivity contribution in [3.8, 4) is 0 Å². The zero-order chi connectivity index (χ0) is 16.6. The van der Waals surface area contributed by atoms with Gasteiger partial charge in [-0.1, -0.05) is 12.1 Å². The summed E-state index contributed by atoms with van der Waals surface area (Å²) in [5.41, 5.74) is 0.348. The lowest BCUT2D eigenvalue weighted by molar-refractivity contribution is -0.137. The highest BCUT2D eigenvalue weighted by molar-refractivity contribution is 6.26. The molecule has 2 heterocycles. The number of rotatable bonds is 3. The van der Waals surface area contributed by atoms with E-state index >= 15 is 0 Å². The van der Waals surface area contributed by atoms with E-state index in [1.54, 1.807) is 13.2 Å². The van der Waals surface area contributed by atoms with Crippen LogP contribution in [0, 0.1) is 0 Å². The smallest absolute Gasteiger partial charge is 0.416 e. The molecule has 0 aliphatic carbocycles. The fourth-order valence-corrected chi connectivity index (χ4v) is 2.72. The van der Waals surface area contributed by atoms with Gasteiger partial charge in [0.15, 0.2) is 12.0 Å². The number of hydrogen-bond acceptors (Lipinski definition) is 4. The molecule has 0 aromatic heterocycles. The summed E-state index contributed by atoms with van der Waals surface area (Å²) in [6.07, 6.45) is -2.85. The number of alkyl halides is 3. The lowest BCUT2D eigenvalue weighted by Crippen LogP contribution is -2.21. The first-order valence-electron chi connectivity index (χ1n) is 7.14. The Morgan fingerprint density at radius 1 is 1.35 bits per heavy atom. The molecule has 2 N–H and O–H groups in total. The fraction of sp³-hybridized carbons (Fsp3) is 0.312. The molecule has 23 heavy (non-hydrogen) atoms. The van der Waals surface area contributed by atoms with Gasteiger partial charge in [-0.05, 0) is 35.9 Å². The molecule has 1 atom stereocenters. The van der Waals surface area contributed by atoms with Crippen LogP contribution in [0.2, 0.25) is 0 Å². The SMILES string of the molecule is CNC1=C(c2cccc(C(F)(F)F)c2)C(=O)C(C2=CNCC2)O1. The van der Waals surface area contributed by atoms with E-state index in [9.17, 15) is 18.0 Å². The van der Waals surface area contributed by atoms with Crippen LogP contribution in [-0.2, 0) is 15.7 Å². The number of nitrogens with one attached hydrogen (secondary N) is 2. The summed E-state index contributed by atoms with van der Waals surface area (Å²) in [5.74, 6) is -0.129. The third kappa shape index (κ3) is 2.78. The van der Waals surface area contributed by atoms with Crippen LogP contribution in [0.1, 0.15) is 17.5 Å². The topological polar surface area (TPSA) is 50.4 Å². The first kappa shape index (κ1) is 15.5. The number of hydrogen-bond donors (Lipinski definition) is 2. The lowest BCUT2D eigenvalue weighted by atomic mass is 9.95. The Morgan fingerprint density at radius 3 is 2.74 bits per heavy atom. The number of halogens is 3. The van der Waals surface area contributed by atoms with Crippen molar-refractivity contribution in [2.45, 2.75) is 18.7 Å². The highest BCUT2D eigenvalue weighted by Gasteiger charge is 2.39. The quantitative estimate of drug-likeness (QED) is 0.897. The van der Waals surface area contributed by atoms with Gasteiger partial charge in [0.1, 0.15) is 0 Å². The molecule has 2 aliphatic heterocycles. The maximum absolute atomic E-state index is 12.9. The third-order valence-corrected chi connectivity index (χ3v) is 3.84. The van der Waals surface area contributed by atoms with E-state index in [2.05, 4.69) is 10.6 Å². The Hall–Kier alpha value is -2.44. The summed E-state index contributed by atoms with van der Waals surface area (Å²) in [5, 5.41) is 5.77. The molecule has 4 nitrogen and oxygen atoms in total. The van der Waals surface area contributed by atoms with Crippen LogP contribution < -0.4 is 10.6 Å². The average molecular weight is 324 g/mol. The number of carbonyl (C=O) groups is 1. The van der Waals surface area contributed by atoms with E-state index in [-0.39, 0.29) is 22.8 Å². The minimum atomic E-state index is -4.46. The van der Waals surface area contributed by atoms with E-state index in [1.807, 2.05) is 0 Å². The second kappa shape index (κ2) is 5.64. The highest BCUT2D eigenvalue weighted by atomic mass is 19.4. The van der Waals surface area contributed by atoms with Crippen LogP contribution in [0.15, 0.2) is 41.9 Å². The molecule has 7 heteroatoms. The van der Waals surface area contributed by atoms with Crippen LogP contribution in [0.25, 0.3) is 5.57 Å². The highest BCUT2D eigenvalue weighted by Crippen LogP contribution is 2.36. The molecule has 2 aliphatic rings. The Kier molecular flexibility index (Phi) is 3.79. The van der Waals surface area contributed by atoms with Gasteiger partial charge < -0.3 is 15.4 Å². The summed E-state index contributed by atoms with van der Waals surface area (Å²) < 4.78 is 44.3. The summed E-state index contributed by atoms with van der Waals surface area (Å²) in [6.45, 7) is 0.719. The summed E-state index contributed by atoms with van der Waals surface area (Å²) >= 11 is 0. The molecule has 0 saturated carbocycles. The summed E-state index contributed by atoms with van der Waals surface area (Å²) in [7, 11) is 1.57. The number of ether oxygens (including phenoxy) is 1. The standard InChI is InChI=1S/C16H15F3N2O2/c1-20-15-12(9-3-2-4-11(7-9)16(17,18)19)13(22)14(23-15)10-5-6-21-8-10/h2-4,7-8,14,20-21H,5-6H2,1H3. The van der Waals surface area contributed by atoms with Gasteiger partial charge in [-0.25, -0.2) is 0 Å². The van der Waals surface area contributed by atoms with Crippen molar-refractivity contribution in [1.82, 2.24) is 10.6 Å². The Morgan fingerprint density at radius 2 is 2.13 bits per heavy atom. The monoisotopic (exact) mass is 324 g/mol. The predicted molar refractivity (Wildman–Crippen MR) is 78.0 cm³/mol. The predicted octanol–water partition coefficient (Wildman–Crippen LogP) is 2.44. The molecule has 0 fully saturated rings. The van der Waals surface area contributed by atoms with E-state index in [0.29, 0.717) is 6.42 Å². The molecule has 0 bridgehead atoms. The maximum Gasteiger partial charge on any atom is 0.416 e. The number of benzene rings is 1. The van der Waals surface area contributed by atoms with Crippen LogP contribution in [0.3, 0.4) is 0 Å². The molecule has 0 amide bonds. The molecule has 0 saturated heterocycles. The molecule has 1 aromatic carbocycles. The van der Waals surface area contributed by atoms with Gasteiger partial charge in [0.05, 0.1) is 11.1 Å². The molecule has 122 valence electrons. The van der Waals surface area contributed by atoms with Crippen molar-refractivity contribution in [3.05, 3.63) is 53.0 Å². The first-order chi connectivity index (χ1) is 10.9. The van der Waals surface area contributed by atoms with E-state index in [0.717, 1.165) is 24.3 Å². The zero-order valence-electron chi connectivity index (χ0n) is 12.3. The minimum Gasteiger partial charge on any atom is -0.462 e. The van der Waals surface area contributed by atoms with E-state index < -0.39 is 17.8 Å². The van der Waals surface area contributed by atoms with Gasteiger partial charge in [-0.2, -0.15) is 13.2 Å². The fourth-order valence-electron chi connectivity index (χ4n) is 2.72. The molecule has 1 aromatic rings. The van der Waals surface area contributed by atoms with E-state index in [4.69, 9.17) is 4.74 Å². The minimum absolute atomic E-state index is 0.149. The van der Waals surface area contributed by atoms with Gasteiger partial charge in [-0.15, -0.1) is 0 Å². The second-order valence-corrected chi connectivity index (χ2v) is 5.32. The molecule has 0 radical (unpaired) electrons. The normalized spacial score (nSPS) is 21.1. The van der Waals surface area contributed by atoms with E-state index in [1.165, 1.54) is 12.1 Å². The van der Waals surface area contributed by atoms with Gasteiger partial charge in [0.2, 0.25) is 5.78 Å². The lowest BCUT2D eigenvalue weighted by Gasteiger charge is -2.11. The molecule has 1 unspecified atom stereocenters. The Bertz CT molecular complexity index is 708. The van der Waals surface area contributed by atoms with Crippen molar-refractivity contribution >= 4 is 11.4 Å². The third-order valence-electron chi connectivity index (χ3n) is 3.84. The van der Waals surface area contributed by atoms with Crippen LogP contribution >= 0.6 is 0 Å². The maximum atomic E-state index is 12.9. The van der Waals surface area contributed by atoms with Gasteiger partial charge >= 0.3 is 6.18 Å². The Balaban J connectivity index is 1.98. The molecular formula is C16H15F3N2O2. The van der Waals surface area contributed by atoms with Crippen LogP contribution in [-0.4, -0.2) is 25.5 Å². The second-order valence-electron chi connectivity index (χ2n) is 5.32. The van der Waals surface area contributed by atoms with Crippen molar-refractivity contribution in [1.29, 1.82) is 0 Å². The average Bonchev–Trinajstić information content (AvgIpc) is 3.13. The van der Waals surface area contributed by atoms with Crippen molar-refractivity contribution < 1.29 is 22.7 Å². The van der Waals surface area contributed by atoms with Crippen molar-refractivity contribution in [2.24, 2.45) is 0 Å². The molecule has 3 rings (SSSR count). The molecule has 0 spiro atoms. The van der Waals surface area contributed by atoms with Crippen LogP contribution in [0.4, 0.5) is 13.2 Å². The summed E-state index contributed by atoms with van der Waals surface area (Å²) in [6, 6.07) is 4.71. The Labute approximate surface area is 131 Å².